The number of nitrogens with one attached hydrogen (secondary N) is 1. The average Bonchev–Trinajstić information content (AvgIpc) is 2.85. The van der Waals surface area contributed by atoms with E-state index in [9.17, 15) is 0 Å². The van der Waals surface area contributed by atoms with Crippen LogP contribution >= 0.6 is 34.7 Å². The van der Waals surface area contributed by atoms with Crippen LogP contribution in [0.2, 0.25) is 5.02 Å². The van der Waals surface area contributed by atoms with Crippen LogP contribution in [0.25, 0.3) is 0 Å². The van der Waals surface area contributed by atoms with Gasteiger partial charge < -0.3 is 5.32 Å². The molecule has 0 bridgehead atoms. The van der Waals surface area contributed by atoms with E-state index in [1.54, 1.807) is 11.3 Å². The molecule has 0 spiro atoms. The lowest BCUT2D eigenvalue weighted by Gasteiger charge is -2.11. The van der Waals surface area contributed by atoms with Crippen molar-refractivity contribution in [3.05, 3.63) is 46.3 Å². The third-order valence-corrected chi connectivity index (χ3v) is 4.99. The van der Waals surface area contributed by atoms with E-state index in [2.05, 4.69) is 48.8 Å². The van der Waals surface area contributed by atoms with Gasteiger partial charge in [-0.1, -0.05) is 43.3 Å². The van der Waals surface area contributed by atoms with Gasteiger partial charge in [-0.15, -0.1) is 11.3 Å². The summed E-state index contributed by atoms with van der Waals surface area (Å²) < 4.78 is 1.31. The van der Waals surface area contributed by atoms with Crippen molar-refractivity contribution >= 4 is 34.7 Å². The lowest BCUT2D eigenvalue weighted by atomic mass is 10.2. The summed E-state index contributed by atoms with van der Waals surface area (Å²) in [5.41, 5.74) is 1.27. The van der Waals surface area contributed by atoms with Gasteiger partial charge >= 0.3 is 0 Å². The highest BCUT2D eigenvalue weighted by Crippen LogP contribution is 2.34. The maximum absolute atomic E-state index is 6.11. The maximum atomic E-state index is 6.11. The third kappa shape index (κ3) is 4.84. The summed E-state index contributed by atoms with van der Waals surface area (Å²) in [6, 6.07) is 10.4. The first-order valence-electron chi connectivity index (χ1n) is 6.35. The smallest absolute Gasteiger partial charge is 0.0646 e. The number of rotatable bonds is 6. The van der Waals surface area contributed by atoms with E-state index in [1.165, 1.54) is 14.7 Å². The largest absolute Gasteiger partial charge is 0.312 e. The lowest BCUT2D eigenvalue weighted by Crippen LogP contribution is -2.19. The van der Waals surface area contributed by atoms with Crippen molar-refractivity contribution in [3.8, 4) is 0 Å². The van der Waals surface area contributed by atoms with Gasteiger partial charge in [0.25, 0.3) is 0 Å². The van der Waals surface area contributed by atoms with Crippen molar-refractivity contribution in [2.45, 2.75) is 29.5 Å². The second-order valence-corrected chi connectivity index (χ2v) is 7.54. The summed E-state index contributed by atoms with van der Waals surface area (Å²) >= 11 is 9.68. The minimum absolute atomic E-state index is 0.660. The van der Waals surface area contributed by atoms with Gasteiger partial charge in [-0.05, 0) is 47.7 Å². The lowest BCUT2D eigenvalue weighted by molar-refractivity contribution is 0.550. The molecule has 0 amide bonds. The van der Waals surface area contributed by atoms with Gasteiger partial charge in [0, 0.05) is 16.5 Å². The normalized spacial score (nSPS) is 11.2. The van der Waals surface area contributed by atoms with Gasteiger partial charge in [-0.2, -0.15) is 0 Å². The van der Waals surface area contributed by atoms with Gasteiger partial charge in [0.1, 0.15) is 0 Å². The Morgan fingerprint density at radius 2 is 2.16 bits per heavy atom. The van der Waals surface area contributed by atoms with Gasteiger partial charge in [0.05, 0.1) is 4.21 Å². The standard InChI is InChI=1S/C15H18ClNS2/c1-11(2)9-17-10-12-8-13(16)5-6-14(12)19-15-4-3-7-18-15/h3-8,11,17H,9-10H2,1-2H3. The first-order valence-corrected chi connectivity index (χ1v) is 8.43. The molecule has 0 atom stereocenters. The molecule has 0 aliphatic carbocycles. The van der Waals surface area contributed by atoms with Crippen LogP contribution in [0.4, 0.5) is 0 Å². The molecule has 1 nitrogen and oxygen atoms in total. The van der Waals surface area contributed by atoms with E-state index < -0.39 is 0 Å². The van der Waals surface area contributed by atoms with E-state index in [-0.39, 0.29) is 0 Å². The molecular formula is C15H18ClNS2. The van der Waals surface area contributed by atoms with Crippen molar-refractivity contribution in [3.63, 3.8) is 0 Å². The Hall–Kier alpha value is -0.480. The van der Waals surface area contributed by atoms with Crippen molar-refractivity contribution < 1.29 is 0 Å². The molecule has 0 radical (unpaired) electrons. The van der Waals surface area contributed by atoms with Crippen molar-refractivity contribution in [1.82, 2.24) is 5.32 Å². The highest BCUT2D eigenvalue weighted by molar-refractivity contribution is 8.01. The third-order valence-electron chi connectivity index (χ3n) is 2.60. The summed E-state index contributed by atoms with van der Waals surface area (Å²) in [5.74, 6) is 0.660. The van der Waals surface area contributed by atoms with Crippen LogP contribution < -0.4 is 5.32 Å². The molecule has 0 aliphatic heterocycles. The van der Waals surface area contributed by atoms with E-state index in [0.29, 0.717) is 5.92 Å². The highest BCUT2D eigenvalue weighted by Gasteiger charge is 2.06. The summed E-state index contributed by atoms with van der Waals surface area (Å²) in [4.78, 5) is 1.28. The molecule has 1 heterocycles. The van der Waals surface area contributed by atoms with Crippen molar-refractivity contribution in [2.24, 2.45) is 5.92 Å². The fourth-order valence-corrected chi connectivity index (χ4v) is 3.74. The Balaban J connectivity index is 2.08. The molecule has 0 saturated carbocycles. The van der Waals surface area contributed by atoms with E-state index in [0.717, 1.165) is 18.1 Å². The molecule has 1 aromatic carbocycles. The monoisotopic (exact) mass is 311 g/mol. The van der Waals surface area contributed by atoms with Crippen LogP contribution in [0.5, 0.6) is 0 Å². The Labute approximate surface area is 128 Å². The molecule has 2 aromatic rings. The summed E-state index contributed by atoms with van der Waals surface area (Å²) in [5, 5.41) is 6.39. The van der Waals surface area contributed by atoms with E-state index in [4.69, 9.17) is 11.6 Å². The van der Waals surface area contributed by atoms with E-state index in [1.807, 2.05) is 17.8 Å². The van der Waals surface area contributed by atoms with Crippen LogP contribution in [0.15, 0.2) is 44.8 Å². The average molecular weight is 312 g/mol. The van der Waals surface area contributed by atoms with Gasteiger partial charge in [0.2, 0.25) is 0 Å². The second kappa shape index (κ2) is 7.34. The molecule has 0 fully saturated rings. The Morgan fingerprint density at radius 3 is 2.84 bits per heavy atom. The van der Waals surface area contributed by atoms with Crippen molar-refractivity contribution in [2.75, 3.05) is 6.54 Å². The Kier molecular flexibility index (Phi) is 5.76. The number of thiophene rings is 1. The molecule has 4 heteroatoms. The highest BCUT2D eigenvalue weighted by atomic mass is 35.5. The van der Waals surface area contributed by atoms with Crippen molar-refractivity contribution in [1.29, 1.82) is 0 Å². The predicted octanol–water partition coefficient (Wildman–Crippen LogP) is 5.30. The van der Waals surface area contributed by atoms with Crippen LogP contribution in [-0.4, -0.2) is 6.54 Å². The van der Waals surface area contributed by atoms with Crippen LogP contribution in [0, 0.1) is 5.92 Å². The number of benzene rings is 1. The zero-order chi connectivity index (χ0) is 13.7. The molecular weight excluding hydrogens is 294 g/mol. The molecule has 2 rings (SSSR count). The quantitative estimate of drug-likeness (QED) is 0.777. The number of halogens is 1. The molecule has 1 N–H and O–H groups in total. The number of hydrogen-bond donors (Lipinski definition) is 1. The summed E-state index contributed by atoms with van der Waals surface area (Å²) in [6.07, 6.45) is 0. The van der Waals surface area contributed by atoms with Gasteiger partial charge in [-0.3, -0.25) is 0 Å². The predicted molar refractivity (Wildman–Crippen MR) is 86.4 cm³/mol. The molecule has 102 valence electrons. The summed E-state index contributed by atoms with van der Waals surface area (Å²) in [6.45, 7) is 6.32. The maximum Gasteiger partial charge on any atom is 0.0646 e. The molecule has 0 aliphatic rings. The molecule has 0 saturated heterocycles. The van der Waals surface area contributed by atoms with E-state index >= 15 is 0 Å². The molecule has 19 heavy (non-hydrogen) atoms. The Morgan fingerprint density at radius 1 is 1.32 bits per heavy atom. The zero-order valence-corrected chi connectivity index (χ0v) is 13.5. The first-order chi connectivity index (χ1) is 9.15. The molecule has 0 unspecified atom stereocenters. The molecule has 1 aromatic heterocycles. The second-order valence-electron chi connectivity index (χ2n) is 4.81. The first kappa shape index (κ1) is 14.9. The Bertz CT molecular complexity index is 509. The van der Waals surface area contributed by atoms with Gasteiger partial charge in [0.15, 0.2) is 0 Å². The SMILES string of the molecule is CC(C)CNCc1cc(Cl)ccc1Sc1cccs1. The van der Waals surface area contributed by atoms with Crippen LogP contribution in [0.3, 0.4) is 0 Å². The zero-order valence-electron chi connectivity index (χ0n) is 11.2. The van der Waals surface area contributed by atoms with Crippen LogP contribution in [0.1, 0.15) is 19.4 Å². The fourth-order valence-electron chi connectivity index (χ4n) is 1.71. The topological polar surface area (TPSA) is 12.0 Å². The number of hydrogen-bond acceptors (Lipinski definition) is 3. The minimum atomic E-state index is 0.660. The summed E-state index contributed by atoms with van der Waals surface area (Å²) in [7, 11) is 0. The van der Waals surface area contributed by atoms with Gasteiger partial charge in [-0.25, -0.2) is 0 Å². The van der Waals surface area contributed by atoms with Crippen LogP contribution in [-0.2, 0) is 6.54 Å². The fraction of sp³-hybridized carbons (Fsp3) is 0.333. The minimum Gasteiger partial charge on any atom is -0.312 e.